The third-order valence-electron chi connectivity index (χ3n) is 4.44. The average Bonchev–Trinajstić information content (AvgIpc) is 2.67. The average molecular weight is 341 g/mol. The molecule has 1 aromatic carbocycles. The van der Waals surface area contributed by atoms with Gasteiger partial charge in [-0.3, -0.25) is 14.6 Å². The summed E-state index contributed by atoms with van der Waals surface area (Å²) in [6.45, 7) is 1.50. The lowest BCUT2D eigenvalue weighted by molar-refractivity contribution is -0.126. The van der Waals surface area contributed by atoms with E-state index < -0.39 is 0 Å². The molecule has 1 aliphatic rings. The molecule has 0 atom stereocenters. The van der Waals surface area contributed by atoms with Gasteiger partial charge >= 0.3 is 0 Å². The Morgan fingerprint density at radius 2 is 1.88 bits per heavy atom. The Balaban J connectivity index is 1.47. The maximum atomic E-state index is 12.9. The van der Waals surface area contributed by atoms with Gasteiger partial charge in [0.2, 0.25) is 5.91 Å². The number of nitrogens with zero attached hydrogens (tertiary/aromatic N) is 2. The monoisotopic (exact) mass is 341 g/mol. The van der Waals surface area contributed by atoms with Gasteiger partial charge < -0.3 is 10.2 Å². The summed E-state index contributed by atoms with van der Waals surface area (Å²) in [6, 6.07) is 9.56. The van der Waals surface area contributed by atoms with Crippen LogP contribution in [0.5, 0.6) is 0 Å². The van der Waals surface area contributed by atoms with Crippen molar-refractivity contribution in [2.75, 3.05) is 13.1 Å². The summed E-state index contributed by atoms with van der Waals surface area (Å²) in [6.07, 6.45) is 4.47. The first-order chi connectivity index (χ1) is 12.1. The fraction of sp³-hybridized carbons (Fsp3) is 0.316. The third kappa shape index (κ3) is 4.41. The fourth-order valence-corrected chi connectivity index (χ4v) is 2.95. The highest BCUT2D eigenvalue weighted by Gasteiger charge is 2.27. The highest BCUT2D eigenvalue weighted by molar-refractivity contribution is 5.94. The Labute approximate surface area is 145 Å². The second-order valence-corrected chi connectivity index (χ2v) is 6.15. The summed E-state index contributed by atoms with van der Waals surface area (Å²) in [5.41, 5.74) is 1.43. The minimum absolute atomic E-state index is 0.0159. The van der Waals surface area contributed by atoms with Crippen LogP contribution in [0.2, 0.25) is 0 Å². The SMILES string of the molecule is O=C(NCc1ccc(F)cc1)C1CCN(C(=O)c2cccnc2)CC1. The van der Waals surface area contributed by atoms with Crippen molar-refractivity contribution >= 4 is 11.8 Å². The number of carbonyl (C=O) groups is 2. The third-order valence-corrected chi connectivity index (χ3v) is 4.44. The first-order valence-electron chi connectivity index (χ1n) is 8.35. The van der Waals surface area contributed by atoms with E-state index in [1.807, 2.05) is 0 Å². The molecule has 6 heteroatoms. The molecule has 0 spiro atoms. The van der Waals surface area contributed by atoms with Gasteiger partial charge in [0, 0.05) is 37.9 Å². The molecule has 25 heavy (non-hydrogen) atoms. The van der Waals surface area contributed by atoms with Gasteiger partial charge in [-0.1, -0.05) is 12.1 Å². The van der Waals surface area contributed by atoms with Crippen LogP contribution in [0.4, 0.5) is 4.39 Å². The molecule has 1 saturated heterocycles. The molecule has 0 unspecified atom stereocenters. The number of pyridine rings is 1. The van der Waals surface area contributed by atoms with Gasteiger partial charge in [-0.15, -0.1) is 0 Å². The van der Waals surface area contributed by atoms with Crippen molar-refractivity contribution in [2.45, 2.75) is 19.4 Å². The van der Waals surface area contributed by atoms with Crippen molar-refractivity contribution in [1.82, 2.24) is 15.2 Å². The molecule has 3 rings (SSSR count). The fourth-order valence-electron chi connectivity index (χ4n) is 2.95. The van der Waals surface area contributed by atoms with Crippen molar-refractivity contribution in [3.05, 3.63) is 65.7 Å². The molecule has 1 aliphatic heterocycles. The summed E-state index contributed by atoms with van der Waals surface area (Å²) in [4.78, 5) is 30.4. The molecule has 0 bridgehead atoms. The van der Waals surface area contributed by atoms with Crippen molar-refractivity contribution in [3.63, 3.8) is 0 Å². The number of rotatable bonds is 4. The zero-order chi connectivity index (χ0) is 17.6. The van der Waals surface area contributed by atoms with Gasteiger partial charge in [-0.2, -0.15) is 0 Å². The summed E-state index contributed by atoms with van der Waals surface area (Å²) >= 11 is 0. The first-order valence-corrected chi connectivity index (χ1v) is 8.35. The quantitative estimate of drug-likeness (QED) is 0.929. The van der Waals surface area contributed by atoms with Gasteiger partial charge in [0.05, 0.1) is 5.56 Å². The molecule has 2 heterocycles. The Kier molecular flexibility index (Phi) is 5.38. The highest BCUT2D eigenvalue weighted by atomic mass is 19.1. The molecule has 2 amide bonds. The van der Waals surface area contributed by atoms with E-state index in [9.17, 15) is 14.0 Å². The van der Waals surface area contributed by atoms with Crippen LogP contribution in [0.15, 0.2) is 48.8 Å². The van der Waals surface area contributed by atoms with Crippen molar-refractivity contribution < 1.29 is 14.0 Å². The molecule has 1 N–H and O–H groups in total. The zero-order valence-corrected chi connectivity index (χ0v) is 13.8. The van der Waals surface area contributed by atoms with E-state index >= 15 is 0 Å². The molecule has 0 radical (unpaired) electrons. The van der Waals surface area contributed by atoms with Crippen LogP contribution in [0, 0.1) is 11.7 Å². The van der Waals surface area contributed by atoms with Crippen LogP contribution in [0.1, 0.15) is 28.8 Å². The van der Waals surface area contributed by atoms with Crippen LogP contribution in [0.25, 0.3) is 0 Å². The van der Waals surface area contributed by atoms with E-state index in [0.29, 0.717) is 38.0 Å². The number of likely N-dealkylation sites (tertiary alicyclic amines) is 1. The smallest absolute Gasteiger partial charge is 0.255 e. The molecule has 130 valence electrons. The molecule has 1 aromatic heterocycles. The van der Waals surface area contributed by atoms with Gasteiger partial charge in [0.1, 0.15) is 5.82 Å². The lowest BCUT2D eigenvalue weighted by atomic mass is 9.95. The molecule has 0 aliphatic carbocycles. The van der Waals surface area contributed by atoms with Crippen LogP contribution in [-0.4, -0.2) is 34.8 Å². The number of halogens is 1. The Morgan fingerprint density at radius 3 is 2.52 bits per heavy atom. The summed E-state index contributed by atoms with van der Waals surface area (Å²) in [5.74, 6) is -0.449. The number of piperidine rings is 1. The Bertz CT molecular complexity index is 726. The number of hydrogen-bond donors (Lipinski definition) is 1. The van der Waals surface area contributed by atoms with Gasteiger partial charge in [-0.25, -0.2) is 4.39 Å². The minimum Gasteiger partial charge on any atom is -0.352 e. The summed E-state index contributed by atoms with van der Waals surface area (Å²) in [7, 11) is 0. The molecular weight excluding hydrogens is 321 g/mol. The number of aromatic nitrogens is 1. The molecule has 1 fully saturated rings. The Hall–Kier alpha value is -2.76. The lowest BCUT2D eigenvalue weighted by Gasteiger charge is -2.31. The number of nitrogens with one attached hydrogen (secondary N) is 1. The van der Waals surface area contributed by atoms with Crippen LogP contribution >= 0.6 is 0 Å². The van der Waals surface area contributed by atoms with Crippen LogP contribution < -0.4 is 5.32 Å². The van der Waals surface area contributed by atoms with Gasteiger partial charge in [0.25, 0.3) is 5.91 Å². The first kappa shape index (κ1) is 17.1. The molecule has 5 nitrogen and oxygen atoms in total. The van der Waals surface area contributed by atoms with E-state index in [1.54, 1.807) is 41.6 Å². The summed E-state index contributed by atoms with van der Waals surface area (Å²) in [5, 5.41) is 2.89. The summed E-state index contributed by atoms with van der Waals surface area (Å²) < 4.78 is 12.9. The number of benzene rings is 1. The van der Waals surface area contributed by atoms with E-state index in [4.69, 9.17) is 0 Å². The molecular formula is C19H20FN3O2. The minimum atomic E-state index is -0.291. The van der Waals surface area contributed by atoms with Crippen molar-refractivity contribution in [3.8, 4) is 0 Å². The van der Waals surface area contributed by atoms with E-state index in [0.717, 1.165) is 5.56 Å². The maximum absolute atomic E-state index is 12.9. The predicted molar refractivity (Wildman–Crippen MR) is 91.1 cm³/mol. The number of carbonyl (C=O) groups excluding carboxylic acids is 2. The molecule has 2 aromatic rings. The second-order valence-electron chi connectivity index (χ2n) is 6.15. The van der Waals surface area contributed by atoms with Crippen LogP contribution in [-0.2, 0) is 11.3 Å². The topological polar surface area (TPSA) is 62.3 Å². The lowest BCUT2D eigenvalue weighted by Crippen LogP contribution is -2.42. The number of amides is 2. The van der Waals surface area contributed by atoms with Crippen LogP contribution in [0.3, 0.4) is 0 Å². The van der Waals surface area contributed by atoms with Gasteiger partial charge in [-0.05, 0) is 42.7 Å². The molecule has 0 saturated carbocycles. The van der Waals surface area contributed by atoms with E-state index in [1.165, 1.54) is 12.1 Å². The van der Waals surface area contributed by atoms with Gasteiger partial charge in [0.15, 0.2) is 0 Å². The van der Waals surface area contributed by atoms with E-state index in [2.05, 4.69) is 10.3 Å². The normalized spacial score (nSPS) is 15.0. The predicted octanol–water partition coefficient (Wildman–Crippen LogP) is 2.39. The van der Waals surface area contributed by atoms with Crippen molar-refractivity contribution in [2.24, 2.45) is 5.92 Å². The number of hydrogen-bond acceptors (Lipinski definition) is 3. The Morgan fingerprint density at radius 1 is 1.16 bits per heavy atom. The highest BCUT2D eigenvalue weighted by Crippen LogP contribution is 2.19. The standard InChI is InChI=1S/C19H20FN3O2/c20-17-5-3-14(4-6-17)12-22-18(24)15-7-10-23(11-8-15)19(25)16-2-1-9-21-13-16/h1-6,9,13,15H,7-8,10-12H2,(H,22,24). The van der Waals surface area contributed by atoms with E-state index in [-0.39, 0.29) is 23.5 Å². The largest absolute Gasteiger partial charge is 0.352 e. The maximum Gasteiger partial charge on any atom is 0.255 e. The van der Waals surface area contributed by atoms with Crippen molar-refractivity contribution in [1.29, 1.82) is 0 Å². The second kappa shape index (κ2) is 7.88. The zero-order valence-electron chi connectivity index (χ0n) is 13.8.